The van der Waals surface area contributed by atoms with Crippen LogP contribution < -0.4 is 16.4 Å². The molecule has 168 valence electrons. The number of benzene rings is 1. The average molecular weight is 457 g/mol. The van der Waals surface area contributed by atoms with Crippen molar-refractivity contribution >= 4 is 42.3 Å². The van der Waals surface area contributed by atoms with Crippen molar-refractivity contribution in [3.8, 4) is 0 Å². The van der Waals surface area contributed by atoms with Crippen molar-refractivity contribution in [3.05, 3.63) is 29.8 Å². The zero-order valence-corrected chi connectivity index (χ0v) is 19.0. The first-order valence-electron chi connectivity index (χ1n) is 10.7. The number of nitrogens with zero attached hydrogens (tertiary/aromatic N) is 1. The van der Waals surface area contributed by atoms with Gasteiger partial charge < -0.3 is 16.4 Å². The molecule has 4 rings (SSSR count). The Morgan fingerprint density at radius 1 is 1.07 bits per heavy atom. The van der Waals surface area contributed by atoms with Gasteiger partial charge in [-0.2, -0.15) is 0 Å². The second kappa shape index (κ2) is 11.3. The van der Waals surface area contributed by atoms with Gasteiger partial charge in [0.15, 0.2) is 0 Å². The van der Waals surface area contributed by atoms with Crippen LogP contribution in [0.25, 0.3) is 0 Å². The first-order valence-corrected chi connectivity index (χ1v) is 10.7. The SMILES string of the molecule is Cl.Cl.NC(=O)C1CCCN(Cc2ccc(NC(=O)CC3CC4CCC(C3)N4)cc2)C1. The minimum atomic E-state index is -0.190. The summed E-state index contributed by atoms with van der Waals surface area (Å²) in [7, 11) is 0. The number of carbonyl (C=O) groups excluding carboxylic acids is 2. The van der Waals surface area contributed by atoms with E-state index in [0.29, 0.717) is 24.4 Å². The van der Waals surface area contributed by atoms with Crippen LogP contribution in [0.15, 0.2) is 24.3 Å². The highest BCUT2D eigenvalue weighted by atomic mass is 35.5. The van der Waals surface area contributed by atoms with Crippen LogP contribution in [0.5, 0.6) is 0 Å². The molecule has 4 N–H and O–H groups in total. The minimum Gasteiger partial charge on any atom is -0.369 e. The van der Waals surface area contributed by atoms with Gasteiger partial charge in [0.2, 0.25) is 11.8 Å². The maximum absolute atomic E-state index is 12.4. The molecule has 1 aromatic rings. The van der Waals surface area contributed by atoms with E-state index in [4.69, 9.17) is 5.73 Å². The molecule has 3 aliphatic rings. The number of nitrogens with two attached hydrogens (primary N) is 1. The van der Waals surface area contributed by atoms with Gasteiger partial charge in [-0.05, 0) is 68.7 Å². The highest BCUT2D eigenvalue weighted by molar-refractivity contribution is 5.90. The molecule has 1 aromatic carbocycles. The second-order valence-corrected chi connectivity index (χ2v) is 8.90. The zero-order valence-electron chi connectivity index (χ0n) is 17.3. The van der Waals surface area contributed by atoms with E-state index < -0.39 is 0 Å². The number of piperidine rings is 2. The maximum atomic E-state index is 12.4. The molecule has 0 saturated carbocycles. The molecular weight excluding hydrogens is 423 g/mol. The number of likely N-dealkylation sites (tertiary alicyclic amines) is 1. The van der Waals surface area contributed by atoms with E-state index in [-0.39, 0.29) is 42.5 Å². The molecule has 8 heteroatoms. The molecule has 0 spiro atoms. The summed E-state index contributed by atoms with van der Waals surface area (Å²) in [4.78, 5) is 26.2. The predicted octanol–water partition coefficient (Wildman–Crippen LogP) is 3.09. The maximum Gasteiger partial charge on any atom is 0.224 e. The van der Waals surface area contributed by atoms with Crippen molar-refractivity contribution in [1.82, 2.24) is 10.2 Å². The van der Waals surface area contributed by atoms with Crippen molar-refractivity contribution in [2.45, 2.75) is 63.6 Å². The van der Waals surface area contributed by atoms with Gasteiger partial charge in [-0.3, -0.25) is 14.5 Å². The molecule has 0 aliphatic carbocycles. The zero-order chi connectivity index (χ0) is 19.5. The molecule has 3 aliphatic heterocycles. The molecule has 3 atom stereocenters. The number of anilines is 1. The number of carbonyl (C=O) groups is 2. The predicted molar refractivity (Wildman–Crippen MR) is 124 cm³/mol. The standard InChI is InChI=1S/C22H32N4O2.2ClH/c23-22(28)17-2-1-9-26(14-17)13-15-3-5-18(6-4-15)25-21(27)12-16-10-19-7-8-20(11-16)24-19;;/h3-6,16-17,19-20,24H,1-2,7-14H2,(H2,23,28)(H,25,27);2*1H. The van der Waals surface area contributed by atoms with Gasteiger partial charge in [0.1, 0.15) is 0 Å². The van der Waals surface area contributed by atoms with Crippen molar-refractivity contribution < 1.29 is 9.59 Å². The van der Waals surface area contributed by atoms with Crippen molar-refractivity contribution in [2.75, 3.05) is 18.4 Å². The summed E-state index contributed by atoms with van der Waals surface area (Å²) in [5, 5.41) is 6.69. The third-order valence-corrected chi connectivity index (χ3v) is 6.60. The largest absolute Gasteiger partial charge is 0.369 e. The van der Waals surface area contributed by atoms with E-state index in [1.807, 2.05) is 12.1 Å². The van der Waals surface area contributed by atoms with Crippen molar-refractivity contribution in [3.63, 3.8) is 0 Å². The van der Waals surface area contributed by atoms with E-state index in [1.165, 1.54) is 18.4 Å². The van der Waals surface area contributed by atoms with Gasteiger partial charge >= 0.3 is 0 Å². The van der Waals surface area contributed by atoms with E-state index in [2.05, 4.69) is 27.7 Å². The molecule has 3 heterocycles. The smallest absolute Gasteiger partial charge is 0.224 e. The van der Waals surface area contributed by atoms with Crippen molar-refractivity contribution in [2.24, 2.45) is 17.6 Å². The molecule has 3 unspecified atom stereocenters. The van der Waals surface area contributed by atoms with Crippen molar-refractivity contribution in [1.29, 1.82) is 0 Å². The number of nitrogens with one attached hydrogen (secondary N) is 2. The van der Waals surface area contributed by atoms with Crippen LogP contribution in [0.3, 0.4) is 0 Å². The highest BCUT2D eigenvalue weighted by Gasteiger charge is 2.34. The van der Waals surface area contributed by atoms with Crippen LogP contribution in [0.4, 0.5) is 5.69 Å². The van der Waals surface area contributed by atoms with Crippen LogP contribution in [-0.4, -0.2) is 41.9 Å². The molecule has 2 amide bonds. The first kappa shape index (κ1) is 24.9. The van der Waals surface area contributed by atoms with Gasteiger partial charge in [0.25, 0.3) is 0 Å². The van der Waals surface area contributed by atoms with Crippen LogP contribution in [-0.2, 0) is 16.1 Å². The fourth-order valence-corrected chi connectivity index (χ4v) is 5.20. The molecule has 30 heavy (non-hydrogen) atoms. The normalized spacial score (nSPS) is 28.1. The quantitative estimate of drug-likeness (QED) is 0.613. The molecule has 6 nitrogen and oxygen atoms in total. The van der Waals surface area contributed by atoms with Crippen LogP contribution >= 0.6 is 24.8 Å². The Kier molecular flexibility index (Phi) is 9.41. The average Bonchev–Trinajstić information content (AvgIpc) is 3.02. The number of rotatable bonds is 6. The lowest BCUT2D eigenvalue weighted by Gasteiger charge is -2.31. The Bertz CT molecular complexity index is 704. The molecular formula is C22H34Cl2N4O2. The first-order chi connectivity index (χ1) is 13.5. The Hall–Kier alpha value is -1.34. The second-order valence-electron chi connectivity index (χ2n) is 8.90. The number of amides is 2. The van der Waals surface area contributed by atoms with Crippen LogP contribution in [0, 0.1) is 11.8 Å². The van der Waals surface area contributed by atoms with E-state index in [9.17, 15) is 9.59 Å². The summed E-state index contributed by atoms with van der Waals surface area (Å²) >= 11 is 0. The summed E-state index contributed by atoms with van der Waals surface area (Å²) in [6.07, 6.45) is 7.33. The van der Waals surface area contributed by atoms with Gasteiger partial charge in [-0.15, -0.1) is 24.8 Å². The molecule has 0 aromatic heterocycles. The lowest BCUT2D eigenvalue weighted by molar-refractivity contribution is -0.123. The Labute approximate surface area is 191 Å². The van der Waals surface area contributed by atoms with E-state index >= 15 is 0 Å². The van der Waals surface area contributed by atoms with E-state index in [1.54, 1.807) is 0 Å². The lowest BCUT2D eigenvalue weighted by Crippen LogP contribution is -2.40. The summed E-state index contributed by atoms with van der Waals surface area (Å²) in [6, 6.07) is 9.34. The summed E-state index contributed by atoms with van der Waals surface area (Å²) in [5.74, 6) is 0.414. The molecule has 2 bridgehead atoms. The fraction of sp³-hybridized carbons (Fsp3) is 0.636. The third-order valence-electron chi connectivity index (χ3n) is 6.60. The molecule has 3 fully saturated rings. The number of hydrogen-bond donors (Lipinski definition) is 3. The summed E-state index contributed by atoms with van der Waals surface area (Å²) < 4.78 is 0. The third kappa shape index (κ3) is 6.58. The number of primary amides is 1. The minimum absolute atomic E-state index is 0. The molecule has 3 saturated heterocycles. The van der Waals surface area contributed by atoms with Crippen LogP contribution in [0.1, 0.15) is 50.5 Å². The van der Waals surface area contributed by atoms with Gasteiger partial charge in [0.05, 0.1) is 5.92 Å². The molecule has 0 radical (unpaired) electrons. The topological polar surface area (TPSA) is 87.5 Å². The van der Waals surface area contributed by atoms with Gasteiger partial charge in [-0.1, -0.05) is 12.1 Å². The summed E-state index contributed by atoms with van der Waals surface area (Å²) in [6.45, 7) is 2.56. The van der Waals surface area contributed by atoms with Gasteiger partial charge in [0, 0.05) is 37.3 Å². The highest BCUT2D eigenvalue weighted by Crippen LogP contribution is 2.32. The Morgan fingerprint density at radius 2 is 1.73 bits per heavy atom. The number of halogens is 2. The van der Waals surface area contributed by atoms with Gasteiger partial charge in [-0.25, -0.2) is 0 Å². The van der Waals surface area contributed by atoms with Crippen LogP contribution in [0.2, 0.25) is 0 Å². The fourth-order valence-electron chi connectivity index (χ4n) is 5.20. The van der Waals surface area contributed by atoms with E-state index in [0.717, 1.165) is 51.0 Å². The monoisotopic (exact) mass is 456 g/mol. The Balaban J connectivity index is 0.00000160. The Morgan fingerprint density at radius 3 is 2.37 bits per heavy atom. The lowest BCUT2D eigenvalue weighted by atomic mass is 9.89. The number of fused-ring (bicyclic) bond motifs is 2. The number of hydrogen-bond acceptors (Lipinski definition) is 4. The summed E-state index contributed by atoms with van der Waals surface area (Å²) in [5.41, 5.74) is 7.52.